The molecule has 4 rings (SSSR count). The lowest BCUT2D eigenvalue weighted by atomic mass is 10.1. The van der Waals surface area contributed by atoms with E-state index in [0.717, 1.165) is 43.3 Å². The van der Waals surface area contributed by atoms with Crippen LogP contribution in [-0.2, 0) is 6.42 Å². The highest BCUT2D eigenvalue weighted by atomic mass is 16.2. The first-order valence-corrected chi connectivity index (χ1v) is 8.44. The first-order chi connectivity index (χ1) is 10.7. The zero-order valence-corrected chi connectivity index (χ0v) is 13.3. The highest BCUT2D eigenvalue weighted by Gasteiger charge is 2.48. The minimum atomic E-state index is -0.0146. The molecule has 1 saturated carbocycles. The van der Waals surface area contributed by atoms with Crippen LogP contribution in [0.4, 0.5) is 5.82 Å². The number of aromatic nitrogens is 2. The van der Waals surface area contributed by atoms with Crippen LogP contribution in [0.5, 0.6) is 0 Å². The number of aromatic amines is 1. The molecule has 1 aromatic heterocycles. The fourth-order valence-corrected chi connectivity index (χ4v) is 3.89. The average molecular weight is 301 g/mol. The van der Waals surface area contributed by atoms with Crippen molar-refractivity contribution in [3.63, 3.8) is 0 Å². The Morgan fingerprint density at radius 2 is 2.18 bits per heavy atom. The number of fused-ring (bicyclic) bond motifs is 5. The van der Waals surface area contributed by atoms with Gasteiger partial charge in [0.2, 0.25) is 5.96 Å². The molecule has 0 spiro atoms. The van der Waals surface area contributed by atoms with Gasteiger partial charge in [0.25, 0.3) is 5.91 Å². The van der Waals surface area contributed by atoms with E-state index in [0.29, 0.717) is 17.8 Å². The van der Waals surface area contributed by atoms with E-state index in [1.165, 1.54) is 19.3 Å². The van der Waals surface area contributed by atoms with E-state index in [9.17, 15) is 4.79 Å². The number of anilines is 1. The fraction of sp³-hybridized carbons (Fsp3) is 0.688. The lowest BCUT2D eigenvalue weighted by molar-refractivity contribution is 0.0859. The SMILES string of the molecule is CCCCCc1nc2c([nH]1)C(=O)N(C)C1=N[C@@H]3CCC[C@@H]3N12. The Balaban J connectivity index is 1.69. The van der Waals surface area contributed by atoms with Crippen molar-refractivity contribution in [2.75, 3.05) is 11.9 Å². The fourth-order valence-electron chi connectivity index (χ4n) is 3.89. The van der Waals surface area contributed by atoms with Gasteiger partial charge in [-0.2, -0.15) is 0 Å². The molecule has 1 amide bonds. The average Bonchev–Trinajstić information content (AvgIpc) is 3.18. The summed E-state index contributed by atoms with van der Waals surface area (Å²) in [6, 6.07) is 0.715. The number of carbonyl (C=O) groups is 1. The molecular formula is C16H23N5O. The van der Waals surface area contributed by atoms with Gasteiger partial charge in [0.15, 0.2) is 5.82 Å². The van der Waals surface area contributed by atoms with Gasteiger partial charge in [-0.25, -0.2) is 9.98 Å². The van der Waals surface area contributed by atoms with E-state index in [-0.39, 0.29) is 5.91 Å². The molecule has 1 N–H and O–H groups in total. The van der Waals surface area contributed by atoms with Crippen molar-refractivity contribution < 1.29 is 4.79 Å². The third kappa shape index (κ3) is 1.89. The van der Waals surface area contributed by atoms with Gasteiger partial charge in [-0.3, -0.25) is 14.6 Å². The number of imidazole rings is 1. The maximum Gasteiger partial charge on any atom is 0.280 e. The van der Waals surface area contributed by atoms with Crippen molar-refractivity contribution in [3.8, 4) is 0 Å². The van der Waals surface area contributed by atoms with Gasteiger partial charge >= 0.3 is 0 Å². The molecule has 2 atom stereocenters. The van der Waals surface area contributed by atoms with E-state index in [2.05, 4.69) is 16.8 Å². The van der Waals surface area contributed by atoms with Gasteiger partial charge in [-0.05, 0) is 25.7 Å². The third-order valence-corrected chi connectivity index (χ3v) is 5.07. The molecule has 1 aliphatic carbocycles. The molecule has 2 aliphatic heterocycles. The number of guanidine groups is 1. The summed E-state index contributed by atoms with van der Waals surface area (Å²) < 4.78 is 0. The number of aliphatic imine (C=N–C) groups is 1. The van der Waals surface area contributed by atoms with Gasteiger partial charge in [0.1, 0.15) is 11.5 Å². The van der Waals surface area contributed by atoms with Crippen LogP contribution in [0.25, 0.3) is 0 Å². The monoisotopic (exact) mass is 301 g/mol. The molecule has 6 heteroatoms. The predicted octanol–water partition coefficient (Wildman–Crippen LogP) is 2.33. The van der Waals surface area contributed by atoms with Gasteiger partial charge in [-0.15, -0.1) is 0 Å². The van der Waals surface area contributed by atoms with Crippen LogP contribution in [0.15, 0.2) is 4.99 Å². The van der Waals surface area contributed by atoms with Crippen molar-refractivity contribution in [1.29, 1.82) is 0 Å². The highest BCUT2D eigenvalue weighted by molar-refractivity contribution is 6.18. The van der Waals surface area contributed by atoms with Crippen LogP contribution in [0.3, 0.4) is 0 Å². The second kappa shape index (κ2) is 5.11. The Bertz CT molecular complexity index is 634. The summed E-state index contributed by atoms with van der Waals surface area (Å²) >= 11 is 0. The molecule has 1 fully saturated rings. The van der Waals surface area contributed by atoms with Crippen LogP contribution < -0.4 is 4.90 Å². The highest BCUT2D eigenvalue weighted by Crippen LogP contribution is 2.39. The zero-order chi connectivity index (χ0) is 15.3. The lowest BCUT2D eigenvalue weighted by Crippen LogP contribution is -2.51. The van der Waals surface area contributed by atoms with Gasteiger partial charge < -0.3 is 4.98 Å². The van der Waals surface area contributed by atoms with Crippen molar-refractivity contribution in [3.05, 3.63) is 11.5 Å². The minimum absolute atomic E-state index is 0.0146. The molecule has 0 radical (unpaired) electrons. The lowest BCUT2D eigenvalue weighted by Gasteiger charge is -2.33. The Morgan fingerprint density at radius 1 is 1.32 bits per heavy atom. The van der Waals surface area contributed by atoms with E-state index in [4.69, 9.17) is 9.98 Å². The molecule has 0 unspecified atom stereocenters. The molecule has 0 aromatic carbocycles. The van der Waals surface area contributed by atoms with Crippen molar-refractivity contribution in [2.45, 2.75) is 64.0 Å². The van der Waals surface area contributed by atoms with Crippen LogP contribution >= 0.6 is 0 Å². The number of rotatable bonds is 4. The molecule has 3 heterocycles. The number of unbranched alkanes of at least 4 members (excludes halogenated alkanes) is 2. The Labute approximate surface area is 130 Å². The van der Waals surface area contributed by atoms with Crippen molar-refractivity contribution >= 4 is 17.7 Å². The number of nitrogens with one attached hydrogen (secondary N) is 1. The van der Waals surface area contributed by atoms with Crippen LogP contribution in [0, 0.1) is 0 Å². The summed E-state index contributed by atoms with van der Waals surface area (Å²) in [6.07, 6.45) is 7.87. The molecule has 0 saturated heterocycles. The summed E-state index contributed by atoms with van der Waals surface area (Å²) in [5.74, 6) is 2.52. The molecule has 118 valence electrons. The number of hydrogen-bond acceptors (Lipinski definition) is 4. The second-order valence-electron chi connectivity index (χ2n) is 6.57. The van der Waals surface area contributed by atoms with Crippen LogP contribution in [0.2, 0.25) is 0 Å². The number of carbonyl (C=O) groups excluding carboxylic acids is 1. The van der Waals surface area contributed by atoms with Gasteiger partial charge in [0.05, 0.1) is 12.1 Å². The third-order valence-electron chi connectivity index (χ3n) is 5.07. The predicted molar refractivity (Wildman–Crippen MR) is 85.3 cm³/mol. The van der Waals surface area contributed by atoms with E-state index < -0.39 is 0 Å². The quantitative estimate of drug-likeness (QED) is 0.868. The molecular weight excluding hydrogens is 278 g/mol. The number of hydrogen-bond donors (Lipinski definition) is 1. The molecule has 6 nitrogen and oxygen atoms in total. The summed E-state index contributed by atoms with van der Waals surface area (Å²) in [6.45, 7) is 2.19. The van der Waals surface area contributed by atoms with Gasteiger partial charge in [-0.1, -0.05) is 19.8 Å². The van der Waals surface area contributed by atoms with E-state index >= 15 is 0 Å². The zero-order valence-electron chi connectivity index (χ0n) is 13.3. The van der Waals surface area contributed by atoms with Crippen LogP contribution in [-0.4, -0.2) is 45.9 Å². The van der Waals surface area contributed by atoms with Gasteiger partial charge in [0, 0.05) is 13.5 Å². The standard InChI is InChI=1S/C16H23N5O/c1-3-4-5-9-12-18-13-14(19-12)21-11-8-6-7-10(11)17-16(21)20(2)15(13)22/h10-11H,3-9H2,1-2H3,(H,18,19)/t10-,11+/m1/s1. The molecule has 3 aliphatic rings. The molecule has 1 aromatic rings. The molecule has 22 heavy (non-hydrogen) atoms. The first kappa shape index (κ1) is 13.8. The Morgan fingerprint density at radius 3 is 3.00 bits per heavy atom. The second-order valence-corrected chi connectivity index (χ2v) is 6.57. The molecule has 0 bridgehead atoms. The van der Waals surface area contributed by atoms with Crippen molar-refractivity contribution in [2.24, 2.45) is 4.99 Å². The summed E-state index contributed by atoms with van der Waals surface area (Å²) in [4.78, 5) is 29.2. The number of nitrogens with zero attached hydrogens (tertiary/aromatic N) is 4. The maximum absolute atomic E-state index is 12.6. The Hall–Kier alpha value is -1.85. The number of amides is 1. The topological polar surface area (TPSA) is 64.6 Å². The maximum atomic E-state index is 12.6. The number of aryl methyl sites for hydroxylation is 1. The van der Waals surface area contributed by atoms with E-state index in [1.807, 2.05) is 7.05 Å². The largest absolute Gasteiger partial charge is 0.336 e. The van der Waals surface area contributed by atoms with E-state index in [1.54, 1.807) is 4.90 Å². The van der Waals surface area contributed by atoms with Crippen molar-refractivity contribution in [1.82, 2.24) is 14.9 Å². The minimum Gasteiger partial charge on any atom is -0.336 e. The number of H-pyrrole nitrogens is 1. The van der Waals surface area contributed by atoms with Crippen LogP contribution in [0.1, 0.15) is 61.8 Å². The summed E-state index contributed by atoms with van der Waals surface area (Å²) in [5.41, 5.74) is 0.639. The summed E-state index contributed by atoms with van der Waals surface area (Å²) in [7, 11) is 1.82. The first-order valence-electron chi connectivity index (χ1n) is 8.44. The summed E-state index contributed by atoms with van der Waals surface area (Å²) in [5, 5.41) is 0. The smallest absolute Gasteiger partial charge is 0.280 e. The normalized spacial score (nSPS) is 26.1. The Kier molecular flexibility index (Phi) is 3.20.